The summed E-state index contributed by atoms with van der Waals surface area (Å²) in [5, 5.41) is 12.7. The van der Waals surface area contributed by atoms with Crippen LogP contribution in [0.4, 0.5) is 0 Å². The molecule has 0 aliphatic rings. The van der Waals surface area contributed by atoms with Gasteiger partial charge in [-0.05, 0) is 45.4 Å². The SMILES string of the molecule is Cc1noc(C)c1COc1ccc(CC(=O)N(CCC(=O)O)C(C)C)cc1. The highest BCUT2D eigenvalue weighted by atomic mass is 16.5. The van der Waals surface area contributed by atoms with Gasteiger partial charge in [-0.1, -0.05) is 17.3 Å². The summed E-state index contributed by atoms with van der Waals surface area (Å²) >= 11 is 0. The number of rotatable bonds is 9. The molecule has 0 aliphatic heterocycles. The van der Waals surface area contributed by atoms with E-state index in [1.165, 1.54) is 0 Å². The molecule has 0 saturated carbocycles. The Bertz CT molecular complexity index is 761. The van der Waals surface area contributed by atoms with Gasteiger partial charge in [0.2, 0.25) is 5.91 Å². The first-order valence-electron chi connectivity index (χ1n) is 8.92. The summed E-state index contributed by atoms with van der Waals surface area (Å²) < 4.78 is 10.9. The molecule has 1 heterocycles. The number of ether oxygens (including phenoxy) is 1. The second-order valence-electron chi connectivity index (χ2n) is 6.74. The molecule has 0 aliphatic carbocycles. The molecule has 1 aromatic carbocycles. The number of hydrogen-bond donors (Lipinski definition) is 1. The monoisotopic (exact) mass is 374 g/mol. The number of benzene rings is 1. The summed E-state index contributed by atoms with van der Waals surface area (Å²) in [4.78, 5) is 24.9. The molecular weight excluding hydrogens is 348 g/mol. The summed E-state index contributed by atoms with van der Waals surface area (Å²) in [6.45, 7) is 8.06. The fourth-order valence-corrected chi connectivity index (χ4v) is 2.73. The Hall–Kier alpha value is -2.83. The van der Waals surface area contributed by atoms with Crippen molar-refractivity contribution in [2.45, 2.75) is 53.2 Å². The number of aliphatic carboxylic acids is 1. The predicted molar refractivity (Wildman–Crippen MR) is 99.6 cm³/mol. The van der Waals surface area contributed by atoms with Crippen molar-refractivity contribution in [2.75, 3.05) is 6.54 Å². The lowest BCUT2D eigenvalue weighted by Gasteiger charge is -2.26. The van der Waals surface area contributed by atoms with Gasteiger partial charge in [0, 0.05) is 12.6 Å². The number of nitrogens with zero attached hydrogens (tertiary/aromatic N) is 2. The number of carbonyl (C=O) groups excluding carboxylic acids is 1. The van der Waals surface area contributed by atoms with Crippen LogP contribution in [0.5, 0.6) is 5.75 Å². The van der Waals surface area contributed by atoms with Crippen LogP contribution in [-0.2, 0) is 22.6 Å². The minimum Gasteiger partial charge on any atom is -0.489 e. The van der Waals surface area contributed by atoms with Crippen molar-refractivity contribution >= 4 is 11.9 Å². The van der Waals surface area contributed by atoms with E-state index in [2.05, 4.69) is 5.16 Å². The Balaban J connectivity index is 1.93. The molecular formula is C20H26N2O5. The van der Waals surface area contributed by atoms with Crippen LogP contribution in [0.15, 0.2) is 28.8 Å². The Kier molecular flexibility index (Phi) is 6.98. The van der Waals surface area contributed by atoms with Crippen molar-refractivity contribution in [3.05, 3.63) is 46.8 Å². The molecule has 2 rings (SSSR count). The van der Waals surface area contributed by atoms with Gasteiger partial charge in [-0.25, -0.2) is 0 Å². The first-order chi connectivity index (χ1) is 12.8. The summed E-state index contributed by atoms with van der Waals surface area (Å²) in [6, 6.07) is 7.27. The minimum atomic E-state index is -0.909. The number of carboxylic acid groups (broad SMARTS) is 1. The topological polar surface area (TPSA) is 92.9 Å². The van der Waals surface area contributed by atoms with Gasteiger partial charge in [-0.3, -0.25) is 9.59 Å². The van der Waals surface area contributed by atoms with Crippen molar-refractivity contribution in [2.24, 2.45) is 0 Å². The van der Waals surface area contributed by atoms with Crippen LogP contribution in [0.3, 0.4) is 0 Å². The van der Waals surface area contributed by atoms with Gasteiger partial charge in [-0.15, -0.1) is 0 Å². The smallest absolute Gasteiger partial charge is 0.305 e. The number of hydrogen-bond acceptors (Lipinski definition) is 5. The highest BCUT2D eigenvalue weighted by molar-refractivity contribution is 5.79. The zero-order chi connectivity index (χ0) is 20.0. The standard InChI is InChI=1S/C20H26N2O5/c1-13(2)22(10-9-20(24)25)19(23)11-16-5-7-17(8-6-16)26-12-18-14(3)21-27-15(18)4/h5-8,13H,9-12H2,1-4H3,(H,24,25). The van der Waals surface area contributed by atoms with Crippen molar-refractivity contribution in [3.63, 3.8) is 0 Å². The summed E-state index contributed by atoms with van der Waals surface area (Å²) in [7, 11) is 0. The fraction of sp³-hybridized carbons (Fsp3) is 0.450. The first kappa shape index (κ1) is 20.5. The molecule has 0 spiro atoms. The van der Waals surface area contributed by atoms with E-state index < -0.39 is 5.97 Å². The van der Waals surface area contributed by atoms with E-state index in [1.54, 1.807) is 4.90 Å². The van der Waals surface area contributed by atoms with Crippen LogP contribution in [-0.4, -0.2) is 39.6 Å². The maximum Gasteiger partial charge on any atom is 0.305 e. The summed E-state index contributed by atoms with van der Waals surface area (Å²) in [6.07, 6.45) is 0.167. The Labute approximate surface area is 158 Å². The van der Waals surface area contributed by atoms with E-state index in [4.69, 9.17) is 14.4 Å². The number of aromatic nitrogens is 1. The fourth-order valence-electron chi connectivity index (χ4n) is 2.73. The molecule has 0 atom stereocenters. The molecule has 0 radical (unpaired) electrons. The van der Waals surface area contributed by atoms with Gasteiger partial charge in [0.05, 0.1) is 24.1 Å². The highest BCUT2D eigenvalue weighted by Gasteiger charge is 2.18. The van der Waals surface area contributed by atoms with Crippen molar-refractivity contribution in [3.8, 4) is 5.75 Å². The van der Waals surface area contributed by atoms with Crippen LogP contribution in [0.25, 0.3) is 0 Å². The van der Waals surface area contributed by atoms with Crippen LogP contribution < -0.4 is 4.74 Å². The average Bonchev–Trinajstić information content (AvgIpc) is 2.92. The number of aryl methyl sites for hydroxylation is 2. The molecule has 1 aromatic heterocycles. The third kappa shape index (κ3) is 5.84. The lowest BCUT2D eigenvalue weighted by atomic mass is 10.1. The zero-order valence-corrected chi connectivity index (χ0v) is 16.2. The maximum absolute atomic E-state index is 12.5. The Morgan fingerprint density at radius 2 is 1.89 bits per heavy atom. The van der Waals surface area contributed by atoms with E-state index in [0.29, 0.717) is 12.4 Å². The summed E-state index contributed by atoms with van der Waals surface area (Å²) in [5.41, 5.74) is 2.59. The van der Waals surface area contributed by atoms with E-state index >= 15 is 0 Å². The van der Waals surface area contributed by atoms with E-state index in [0.717, 1.165) is 22.6 Å². The van der Waals surface area contributed by atoms with E-state index in [-0.39, 0.29) is 31.3 Å². The second-order valence-corrected chi connectivity index (χ2v) is 6.74. The molecule has 146 valence electrons. The normalized spacial score (nSPS) is 10.9. The summed E-state index contributed by atoms with van der Waals surface area (Å²) in [5.74, 6) is 0.437. The molecule has 0 saturated heterocycles. The molecule has 7 nitrogen and oxygen atoms in total. The predicted octanol–water partition coefficient (Wildman–Crippen LogP) is 3.12. The Morgan fingerprint density at radius 1 is 1.22 bits per heavy atom. The Morgan fingerprint density at radius 3 is 2.41 bits per heavy atom. The first-order valence-corrected chi connectivity index (χ1v) is 8.92. The van der Waals surface area contributed by atoms with Gasteiger partial charge in [0.1, 0.15) is 18.1 Å². The highest BCUT2D eigenvalue weighted by Crippen LogP contribution is 2.18. The van der Waals surface area contributed by atoms with Crippen molar-refractivity contribution in [1.82, 2.24) is 10.1 Å². The number of carboxylic acids is 1. The van der Waals surface area contributed by atoms with Crippen LogP contribution in [0, 0.1) is 13.8 Å². The van der Waals surface area contributed by atoms with Gasteiger partial charge in [0.25, 0.3) is 0 Å². The van der Waals surface area contributed by atoms with Gasteiger partial charge in [-0.2, -0.15) is 0 Å². The average molecular weight is 374 g/mol. The third-order valence-corrected chi connectivity index (χ3v) is 4.35. The molecule has 0 fully saturated rings. The molecule has 2 aromatic rings. The van der Waals surface area contributed by atoms with Crippen molar-refractivity contribution in [1.29, 1.82) is 0 Å². The zero-order valence-electron chi connectivity index (χ0n) is 16.2. The van der Waals surface area contributed by atoms with Crippen LogP contribution >= 0.6 is 0 Å². The molecule has 1 amide bonds. The van der Waals surface area contributed by atoms with E-state index in [9.17, 15) is 9.59 Å². The third-order valence-electron chi connectivity index (χ3n) is 4.35. The van der Waals surface area contributed by atoms with Gasteiger partial charge < -0.3 is 19.3 Å². The molecule has 7 heteroatoms. The van der Waals surface area contributed by atoms with Gasteiger partial charge in [0.15, 0.2) is 0 Å². The lowest BCUT2D eigenvalue weighted by Crippen LogP contribution is -2.39. The van der Waals surface area contributed by atoms with Crippen molar-refractivity contribution < 1.29 is 24.0 Å². The molecule has 27 heavy (non-hydrogen) atoms. The minimum absolute atomic E-state index is 0.0468. The van der Waals surface area contributed by atoms with Crippen LogP contribution in [0.2, 0.25) is 0 Å². The lowest BCUT2D eigenvalue weighted by molar-refractivity contribution is -0.139. The van der Waals surface area contributed by atoms with E-state index in [1.807, 2.05) is 52.0 Å². The number of amides is 1. The molecule has 0 unspecified atom stereocenters. The molecule has 0 bridgehead atoms. The van der Waals surface area contributed by atoms with Crippen LogP contribution in [0.1, 0.15) is 42.8 Å². The largest absolute Gasteiger partial charge is 0.489 e. The quantitative estimate of drug-likeness (QED) is 0.725. The van der Waals surface area contributed by atoms with Gasteiger partial charge >= 0.3 is 5.97 Å². The molecule has 1 N–H and O–H groups in total. The number of carbonyl (C=O) groups is 2. The maximum atomic E-state index is 12.5. The second kappa shape index (κ2) is 9.21.